The van der Waals surface area contributed by atoms with Crippen molar-refractivity contribution in [3.8, 4) is 11.3 Å². The van der Waals surface area contributed by atoms with Gasteiger partial charge < -0.3 is 14.4 Å². The summed E-state index contributed by atoms with van der Waals surface area (Å²) in [6, 6.07) is 3.83. The molecule has 0 spiro atoms. The molecule has 4 aliphatic rings. The number of rotatable bonds is 8. The maximum atomic E-state index is 11.5. The number of fused-ring (bicyclic) bond motifs is 4. The summed E-state index contributed by atoms with van der Waals surface area (Å²) in [6.07, 6.45) is 19.1. The summed E-state index contributed by atoms with van der Waals surface area (Å²) >= 11 is 13.0. The van der Waals surface area contributed by atoms with Crippen molar-refractivity contribution < 1.29 is 19.2 Å². The van der Waals surface area contributed by atoms with E-state index in [-0.39, 0.29) is 16.7 Å². The van der Waals surface area contributed by atoms with Crippen molar-refractivity contribution in [3.05, 3.63) is 75.6 Å². The lowest BCUT2D eigenvalue weighted by molar-refractivity contribution is -0.133. The van der Waals surface area contributed by atoms with Crippen molar-refractivity contribution in [1.29, 1.82) is 0 Å². The molecule has 4 fully saturated rings. The predicted molar refractivity (Wildman–Crippen MR) is 151 cm³/mol. The normalized spacial score (nSPS) is 24.4. The summed E-state index contributed by atoms with van der Waals surface area (Å²) < 4.78 is 14.2. The zero-order chi connectivity index (χ0) is 27.5. The Morgan fingerprint density at radius 1 is 1.10 bits per heavy atom. The van der Waals surface area contributed by atoms with E-state index in [1.807, 2.05) is 18.3 Å². The molecule has 0 aromatic carbocycles. The van der Waals surface area contributed by atoms with Crippen molar-refractivity contribution >= 4 is 40.9 Å². The van der Waals surface area contributed by atoms with E-state index in [1.54, 1.807) is 16.8 Å². The first-order valence-corrected chi connectivity index (χ1v) is 14.4. The molecule has 0 unspecified atom stereocenters. The maximum absolute atomic E-state index is 11.5. The lowest BCUT2D eigenvalue weighted by Gasteiger charge is -2.52. The molecular formula is C30H28Cl2N4O4. The molecule has 0 atom stereocenters. The van der Waals surface area contributed by atoms with E-state index in [4.69, 9.17) is 32.5 Å². The minimum absolute atomic E-state index is 0.129. The molecule has 40 heavy (non-hydrogen) atoms. The summed E-state index contributed by atoms with van der Waals surface area (Å²) in [5.74, 6) is 0.276. The quantitative estimate of drug-likeness (QED) is 0.229. The second kappa shape index (κ2) is 9.72. The Morgan fingerprint density at radius 2 is 1.82 bits per heavy atom. The fourth-order valence-electron chi connectivity index (χ4n) is 6.36. The standard InChI is InChI=1S/C30H28Cl2N4O4/c31-21-13-33-14-22(32)25(21)26-20(27(40-35-26)19-2-3-19)17-39-30-10-7-29(8-11-30,9-12-30)6-5-18-1-4-24-34-15-23(28(37)38)36(24)16-18/h1,4-6,13-16,19H,2-3,7-12,17H2,(H,37,38). The third-order valence-corrected chi connectivity index (χ3v) is 9.57. The van der Waals surface area contributed by atoms with Gasteiger partial charge in [-0.15, -0.1) is 0 Å². The van der Waals surface area contributed by atoms with Crippen LogP contribution in [0.2, 0.25) is 10.0 Å². The first-order valence-electron chi connectivity index (χ1n) is 13.7. The Hall–Kier alpha value is -3.20. The molecule has 0 amide bonds. The van der Waals surface area contributed by atoms with Gasteiger partial charge in [-0.3, -0.25) is 9.38 Å². The van der Waals surface area contributed by atoms with E-state index >= 15 is 0 Å². The number of allylic oxidation sites excluding steroid dienone is 1. The highest BCUT2D eigenvalue weighted by atomic mass is 35.5. The number of hydrogen-bond acceptors (Lipinski definition) is 6. The summed E-state index contributed by atoms with van der Waals surface area (Å²) in [4.78, 5) is 19.8. The van der Waals surface area contributed by atoms with Gasteiger partial charge in [0.15, 0.2) is 5.69 Å². The second-order valence-electron chi connectivity index (χ2n) is 11.4. The molecule has 10 heteroatoms. The molecule has 4 saturated carbocycles. The molecule has 4 aromatic heterocycles. The van der Waals surface area contributed by atoms with Gasteiger partial charge in [0.25, 0.3) is 0 Å². The highest BCUT2D eigenvalue weighted by molar-refractivity contribution is 6.38. The van der Waals surface area contributed by atoms with Gasteiger partial charge in [-0.05, 0) is 74.5 Å². The zero-order valence-corrected chi connectivity index (χ0v) is 23.3. The molecule has 4 aliphatic carbocycles. The van der Waals surface area contributed by atoms with Crippen molar-refractivity contribution in [2.24, 2.45) is 5.41 Å². The molecular weight excluding hydrogens is 551 g/mol. The van der Waals surface area contributed by atoms with Crippen molar-refractivity contribution in [3.63, 3.8) is 0 Å². The molecule has 206 valence electrons. The smallest absolute Gasteiger partial charge is 0.354 e. The van der Waals surface area contributed by atoms with Gasteiger partial charge in [-0.2, -0.15) is 0 Å². The first-order chi connectivity index (χ1) is 19.4. The number of ether oxygens (including phenoxy) is 1. The molecule has 8 rings (SSSR count). The van der Waals surface area contributed by atoms with E-state index in [9.17, 15) is 9.90 Å². The van der Waals surface area contributed by atoms with Crippen LogP contribution in [0, 0.1) is 5.41 Å². The highest BCUT2D eigenvalue weighted by Crippen LogP contribution is 2.55. The summed E-state index contributed by atoms with van der Waals surface area (Å²) in [5, 5.41) is 14.7. The van der Waals surface area contributed by atoms with Crippen molar-refractivity contribution in [1.82, 2.24) is 19.5 Å². The van der Waals surface area contributed by atoms with Gasteiger partial charge in [-0.25, -0.2) is 9.78 Å². The molecule has 1 N–H and O–H groups in total. The van der Waals surface area contributed by atoms with Gasteiger partial charge in [0.1, 0.15) is 17.1 Å². The van der Waals surface area contributed by atoms with E-state index in [1.165, 1.54) is 6.20 Å². The minimum Gasteiger partial charge on any atom is -0.477 e. The Morgan fingerprint density at radius 3 is 2.50 bits per heavy atom. The SMILES string of the molecule is O=C(O)c1cnc2ccc(C=CC34CCC(OCc5c(-c6c(Cl)cncc6Cl)noc5C5CC5)(CC3)CC4)cn12. The number of carboxylic acid groups (broad SMARTS) is 1. The zero-order valence-electron chi connectivity index (χ0n) is 21.8. The first kappa shape index (κ1) is 25.7. The number of carbonyl (C=O) groups is 1. The third kappa shape index (κ3) is 4.52. The molecule has 8 nitrogen and oxygen atoms in total. The van der Waals surface area contributed by atoms with E-state index in [0.29, 0.717) is 39.5 Å². The number of aromatic carboxylic acids is 1. The van der Waals surface area contributed by atoms with Gasteiger partial charge in [0.2, 0.25) is 0 Å². The highest BCUT2D eigenvalue weighted by Gasteiger charge is 2.48. The molecule has 0 saturated heterocycles. The van der Waals surface area contributed by atoms with Crippen LogP contribution in [-0.4, -0.2) is 36.2 Å². The lowest BCUT2D eigenvalue weighted by Crippen LogP contribution is -2.46. The third-order valence-electron chi connectivity index (χ3n) is 8.99. The summed E-state index contributed by atoms with van der Waals surface area (Å²) in [6.45, 7) is 0.416. The largest absolute Gasteiger partial charge is 0.477 e. The van der Waals surface area contributed by atoms with E-state index in [0.717, 1.165) is 68.3 Å². The summed E-state index contributed by atoms with van der Waals surface area (Å²) in [7, 11) is 0. The maximum Gasteiger partial charge on any atom is 0.354 e. The van der Waals surface area contributed by atoms with Crippen LogP contribution in [0.5, 0.6) is 0 Å². The van der Waals surface area contributed by atoms with E-state index in [2.05, 4.69) is 27.3 Å². The van der Waals surface area contributed by atoms with Gasteiger partial charge in [-0.1, -0.05) is 40.5 Å². The number of nitrogens with zero attached hydrogens (tertiary/aromatic N) is 4. The molecule has 0 aliphatic heterocycles. The van der Waals surface area contributed by atoms with Gasteiger partial charge >= 0.3 is 5.97 Å². The Bertz CT molecular complexity index is 1610. The fraction of sp³-hybridized carbons (Fsp3) is 0.400. The predicted octanol–water partition coefficient (Wildman–Crippen LogP) is 7.59. The number of halogens is 2. The molecule has 0 radical (unpaired) electrons. The van der Waals surface area contributed by atoms with Crippen molar-refractivity contribution in [2.75, 3.05) is 0 Å². The fourth-order valence-corrected chi connectivity index (χ4v) is 6.90. The number of imidazole rings is 1. The van der Waals surface area contributed by atoms with Crippen LogP contribution in [0.25, 0.3) is 23.0 Å². The van der Waals surface area contributed by atoms with Crippen LogP contribution in [0.15, 0.2) is 47.5 Å². The lowest BCUT2D eigenvalue weighted by atomic mass is 9.58. The monoisotopic (exact) mass is 578 g/mol. The average Bonchev–Trinajstić information content (AvgIpc) is 3.58. The topological polar surface area (TPSA) is 103 Å². The number of aromatic nitrogens is 4. The number of hydrogen-bond donors (Lipinski definition) is 1. The molecule has 4 heterocycles. The number of pyridine rings is 2. The second-order valence-corrected chi connectivity index (χ2v) is 12.2. The van der Waals surface area contributed by atoms with E-state index < -0.39 is 5.97 Å². The van der Waals surface area contributed by atoms with Crippen LogP contribution >= 0.6 is 23.2 Å². The van der Waals surface area contributed by atoms with Crippen LogP contribution in [-0.2, 0) is 11.3 Å². The van der Waals surface area contributed by atoms with Crippen molar-refractivity contribution in [2.45, 2.75) is 69.5 Å². The van der Waals surface area contributed by atoms with Crippen LogP contribution in [0.3, 0.4) is 0 Å². The Balaban J connectivity index is 1.07. The van der Waals surface area contributed by atoms with Gasteiger partial charge in [0, 0.05) is 35.6 Å². The summed E-state index contributed by atoms with van der Waals surface area (Å²) in [5.41, 5.74) is 3.96. The van der Waals surface area contributed by atoms with Crippen LogP contribution in [0.4, 0.5) is 0 Å². The molecule has 2 bridgehead atoms. The number of carboxylic acids is 1. The Kier molecular flexibility index (Phi) is 6.25. The van der Waals surface area contributed by atoms with Crippen LogP contribution in [0.1, 0.15) is 84.7 Å². The van der Waals surface area contributed by atoms with Crippen LogP contribution < -0.4 is 0 Å². The minimum atomic E-state index is -0.988. The van der Waals surface area contributed by atoms with Gasteiger partial charge in [0.05, 0.1) is 28.5 Å². The Labute approximate surface area is 241 Å². The molecule has 4 aromatic rings. The average molecular weight is 579 g/mol.